The molecule has 106 valence electrons. The third kappa shape index (κ3) is 3.52. The van der Waals surface area contributed by atoms with Crippen molar-refractivity contribution in [3.05, 3.63) is 62.7 Å². The number of aryl methyl sites for hydroxylation is 1. The number of rotatable bonds is 5. The minimum absolute atomic E-state index is 0.147. The summed E-state index contributed by atoms with van der Waals surface area (Å²) in [5.41, 5.74) is 3.68. The topological polar surface area (TPSA) is 21.3 Å². The van der Waals surface area contributed by atoms with E-state index in [1.54, 1.807) is 0 Å². The minimum atomic E-state index is 0.147. The molecule has 0 bridgehead atoms. The van der Waals surface area contributed by atoms with Gasteiger partial charge in [-0.05, 0) is 67.2 Å². The van der Waals surface area contributed by atoms with Crippen LogP contribution in [-0.2, 0) is 0 Å². The quantitative estimate of drug-likeness (QED) is 0.780. The summed E-state index contributed by atoms with van der Waals surface area (Å²) in [6.45, 7) is 4.81. The molecule has 3 heteroatoms. The van der Waals surface area contributed by atoms with Gasteiger partial charge in [-0.2, -0.15) is 0 Å². The van der Waals surface area contributed by atoms with Crippen molar-refractivity contribution >= 4 is 22.6 Å². The van der Waals surface area contributed by atoms with E-state index in [0.29, 0.717) is 6.61 Å². The normalized spacial score (nSPS) is 12.2. The molecule has 1 unspecified atom stereocenters. The van der Waals surface area contributed by atoms with Gasteiger partial charge in [0.05, 0.1) is 12.6 Å². The van der Waals surface area contributed by atoms with Gasteiger partial charge in [-0.1, -0.05) is 29.8 Å². The van der Waals surface area contributed by atoms with Gasteiger partial charge < -0.3 is 10.1 Å². The van der Waals surface area contributed by atoms with Gasteiger partial charge >= 0.3 is 0 Å². The van der Waals surface area contributed by atoms with Gasteiger partial charge in [-0.25, -0.2) is 0 Å². The van der Waals surface area contributed by atoms with Gasteiger partial charge in [0.25, 0.3) is 0 Å². The number of hydrogen-bond acceptors (Lipinski definition) is 2. The molecule has 2 aromatic rings. The molecule has 0 amide bonds. The van der Waals surface area contributed by atoms with E-state index < -0.39 is 0 Å². The van der Waals surface area contributed by atoms with E-state index >= 15 is 0 Å². The Balaban J connectivity index is 2.45. The van der Waals surface area contributed by atoms with E-state index in [0.717, 1.165) is 5.75 Å². The van der Waals surface area contributed by atoms with Crippen molar-refractivity contribution < 1.29 is 4.74 Å². The molecule has 0 aliphatic carbocycles. The summed E-state index contributed by atoms with van der Waals surface area (Å²) in [7, 11) is 1.99. The lowest BCUT2D eigenvalue weighted by atomic mass is 9.96. The summed E-state index contributed by atoms with van der Waals surface area (Å²) in [6.07, 6.45) is 0. The van der Waals surface area contributed by atoms with Crippen molar-refractivity contribution in [2.45, 2.75) is 19.9 Å². The molecule has 1 N–H and O–H groups in total. The zero-order chi connectivity index (χ0) is 14.5. The van der Waals surface area contributed by atoms with Crippen LogP contribution in [0.5, 0.6) is 5.75 Å². The molecule has 2 nitrogen and oxygen atoms in total. The Bertz CT molecular complexity index is 566. The van der Waals surface area contributed by atoms with E-state index in [1.807, 2.05) is 14.0 Å². The average Bonchev–Trinajstić information content (AvgIpc) is 2.45. The van der Waals surface area contributed by atoms with Crippen molar-refractivity contribution in [2.75, 3.05) is 13.7 Å². The fraction of sp³-hybridized carbons (Fsp3) is 0.294. The van der Waals surface area contributed by atoms with E-state index in [-0.39, 0.29) is 6.04 Å². The SMILES string of the molecule is CCOc1ccc(C)cc1C(NC)c1ccc(I)cc1. The predicted molar refractivity (Wildman–Crippen MR) is 92.4 cm³/mol. The second kappa shape index (κ2) is 7.09. The van der Waals surface area contributed by atoms with Crippen LogP contribution in [0, 0.1) is 10.5 Å². The van der Waals surface area contributed by atoms with Crippen molar-refractivity contribution in [2.24, 2.45) is 0 Å². The Morgan fingerprint density at radius 1 is 1.15 bits per heavy atom. The Morgan fingerprint density at radius 2 is 1.85 bits per heavy atom. The molecule has 0 aliphatic rings. The monoisotopic (exact) mass is 381 g/mol. The molecule has 0 fully saturated rings. The number of ether oxygens (including phenoxy) is 1. The molecule has 0 saturated carbocycles. The van der Waals surface area contributed by atoms with Crippen molar-refractivity contribution in [3.8, 4) is 5.75 Å². The van der Waals surface area contributed by atoms with Crippen LogP contribution in [-0.4, -0.2) is 13.7 Å². The van der Waals surface area contributed by atoms with Gasteiger partial charge in [-0.3, -0.25) is 0 Å². The molecule has 0 heterocycles. The van der Waals surface area contributed by atoms with E-state index in [9.17, 15) is 0 Å². The lowest BCUT2D eigenvalue weighted by molar-refractivity contribution is 0.334. The Kier molecular flexibility index (Phi) is 5.43. The number of benzene rings is 2. The zero-order valence-corrected chi connectivity index (χ0v) is 14.3. The maximum Gasteiger partial charge on any atom is 0.124 e. The molecule has 1 atom stereocenters. The number of hydrogen-bond donors (Lipinski definition) is 1. The minimum Gasteiger partial charge on any atom is -0.494 e. The lowest BCUT2D eigenvalue weighted by Crippen LogP contribution is -2.19. The third-order valence-electron chi connectivity index (χ3n) is 3.27. The highest BCUT2D eigenvalue weighted by molar-refractivity contribution is 14.1. The second-order valence-electron chi connectivity index (χ2n) is 4.75. The summed E-state index contributed by atoms with van der Waals surface area (Å²) >= 11 is 2.33. The Hall–Kier alpha value is -1.07. The lowest BCUT2D eigenvalue weighted by Gasteiger charge is -2.21. The fourth-order valence-corrected chi connectivity index (χ4v) is 2.70. The van der Waals surface area contributed by atoms with E-state index in [1.165, 1.54) is 20.3 Å². The Labute approximate surface area is 134 Å². The van der Waals surface area contributed by atoms with Crippen LogP contribution in [0.25, 0.3) is 0 Å². The second-order valence-corrected chi connectivity index (χ2v) is 5.99. The molecule has 0 aliphatic heterocycles. The summed E-state index contributed by atoms with van der Waals surface area (Å²) < 4.78 is 7.02. The molecule has 0 saturated heterocycles. The van der Waals surface area contributed by atoms with Crippen LogP contribution >= 0.6 is 22.6 Å². The third-order valence-corrected chi connectivity index (χ3v) is 3.99. The first-order chi connectivity index (χ1) is 9.65. The molecular formula is C17H20INO. The van der Waals surface area contributed by atoms with E-state index in [4.69, 9.17) is 4.74 Å². The molecule has 2 aromatic carbocycles. The van der Waals surface area contributed by atoms with Crippen LogP contribution in [0.2, 0.25) is 0 Å². The van der Waals surface area contributed by atoms with E-state index in [2.05, 4.69) is 77.3 Å². The summed E-state index contributed by atoms with van der Waals surface area (Å²) in [4.78, 5) is 0. The molecule has 0 spiro atoms. The first kappa shape index (κ1) is 15.3. The van der Waals surface area contributed by atoms with Crippen LogP contribution in [0.3, 0.4) is 0 Å². The summed E-state index contributed by atoms with van der Waals surface area (Å²) in [5, 5.41) is 3.40. The first-order valence-electron chi connectivity index (χ1n) is 6.81. The summed E-state index contributed by atoms with van der Waals surface area (Å²) in [5.74, 6) is 0.955. The maximum atomic E-state index is 5.78. The molecule has 0 aromatic heterocycles. The highest BCUT2D eigenvalue weighted by atomic mass is 127. The van der Waals surface area contributed by atoms with Gasteiger partial charge in [0, 0.05) is 9.13 Å². The maximum absolute atomic E-state index is 5.78. The first-order valence-corrected chi connectivity index (χ1v) is 7.89. The van der Waals surface area contributed by atoms with Crippen molar-refractivity contribution in [1.82, 2.24) is 5.32 Å². The zero-order valence-electron chi connectivity index (χ0n) is 12.1. The predicted octanol–water partition coefficient (Wildman–Crippen LogP) is 4.31. The van der Waals surface area contributed by atoms with Crippen LogP contribution in [0.1, 0.15) is 29.7 Å². The molecule has 0 radical (unpaired) electrons. The van der Waals surface area contributed by atoms with Gasteiger partial charge in [0.15, 0.2) is 0 Å². The van der Waals surface area contributed by atoms with Crippen molar-refractivity contribution in [3.63, 3.8) is 0 Å². The standard InChI is InChI=1S/C17H20INO/c1-4-20-16-10-5-12(2)11-15(16)17(19-3)13-6-8-14(18)9-7-13/h5-11,17,19H,4H2,1-3H3. The number of halogens is 1. The van der Waals surface area contributed by atoms with Gasteiger partial charge in [0.1, 0.15) is 5.75 Å². The largest absolute Gasteiger partial charge is 0.494 e. The van der Waals surface area contributed by atoms with Crippen molar-refractivity contribution in [1.29, 1.82) is 0 Å². The Morgan fingerprint density at radius 3 is 2.45 bits per heavy atom. The smallest absolute Gasteiger partial charge is 0.124 e. The highest BCUT2D eigenvalue weighted by Gasteiger charge is 2.16. The summed E-state index contributed by atoms with van der Waals surface area (Å²) in [6, 6.07) is 15.1. The molecule has 20 heavy (non-hydrogen) atoms. The highest BCUT2D eigenvalue weighted by Crippen LogP contribution is 2.31. The number of nitrogens with one attached hydrogen (secondary N) is 1. The van der Waals surface area contributed by atoms with Crippen LogP contribution in [0.15, 0.2) is 42.5 Å². The van der Waals surface area contributed by atoms with Crippen LogP contribution < -0.4 is 10.1 Å². The average molecular weight is 381 g/mol. The fourth-order valence-electron chi connectivity index (χ4n) is 2.34. The van der Waals surface area contributed by atoms with Gasteiger partial charge in [-0.15, -0.1) is 0 Å². The van der Waals surface area contributed by atoms with Gasteiger partial charge in [0.2, 0.25) is 0 Å². The molecule has 2 rings (SSSR count). The molecular weight excluding hydrogens is 361 g/mol. The van der Waals surface area contributed by atoms with Crippen LogP contribution in [0.4, 0.5) is 0 Å².